The second-order valence-corrected chi connectivity index (χ2v) is 4.38. The Morgan fingerprint density at radius 3 is 2.59 bits per heavy atom. The number of aromatic nitrogens is 2. The van der Waals surface area contributed by atoms with Gasteiger partial charge >= 0.3 is 0 Å². The quantitative estimate of drug-likeness (QED) is 0.751. The molecule has 1 unspecified atom stereocenters. The predicted molar refractivity (Wildman–Crippen MR) is 69.0 cm³/mol. The molecular weight excluding hydrogens is 216 g/mol. The fourth-order valence-corrected chi connectivity index (χ4v) is 1.78. The minimum atomic E-state index is 0.615. The van der Waals surface area contributed by atoms with Gasteiger partial charge in [0.2, 0.25) is 5.89 Å². The first kappa shape index (κ1) is 14.0. The summed E-state index contributed by atoms with van der Waals surface area (Å²) in [6.45, 7) is 8.92. The van der Waals surface area contributed by atoms with Gasteiger partial charge in [-0.15, -0.1) is 0 Å². The van der Waals surface area contributed by atoms with Crippen molar-refractivity contribution in [1.29, 1.82) is 0 Å². The molecule has 1 heterocycles. The number of aryl methyl sites for hydroxylation is 1. The molecular formula is C12H24N4O. The average Bonchev–Trinajstić information content (AvgIpc) is 2.77. The highest BCUT2D eigenvalue weighted by atomic mass is 16.5. The molecule has 0 saturated carbocycles. The van der Waals surface area contributed by atoms with Gasteiger partial charge in [-0.2, -0.15) is 4.98 Å². The van der Waals surface area contributed by atoms with Crippen molar-refractivity contribution < 1.29 is 4.52 Å². The van der Waals surface area contributed by atoms with E-state index in [0.717, 1.165) is 44.8 Å². The van der Waals surface area contributed by atoms with E-state index in [1.807, 2.05) is 0 Å². The Balaban J connectivity index is 2.45. The summed E-state index contributed by atoms with van der Waals surface area (Å²) >= 11 is 0. The molecule has 1 aromatic heterocycles. The van der Waals surface area contributed by atoms with Crippen LogP contribution in [0.3, 0.4) is 0 Å². The zero-order chi connectivity index (χ0) is 12.7. The molecule has 0 bridgehead atoms. The Labute approximate surface area is 103 Å². The van der Waals surface area contributed by atoms with Crippen molar-refractivity contribution in [3.8, 4) is 0 Å². The lowest BCUT2D eigenvalue weighted by molar-refractivity contribution is 0.361. The number of hydrogen-bond donors (Lipinski definition) is 1. The highest BCUT2D eigenvalue weighted by Gasteiger charge is 2.12. The maximum absolute atomic E-state index is 5.52. The molecule has 0 aliphatic rings. The van der Waals surface area contributed by atoms with Crippen LogP contribution in [0, 0.1) is 5.92 Å². The summed E-state index contributed by atoms with van der Waals surface area (Å²) in [6, 6.07) is 0. The van der Waals surface area contributed by atoms with Crippen LogP contribution in [0.2, 0.25) is 0 Å². The molecule has 0 fully saturated rings. The van der Waals surface area contributed by atoms with E-state index in [9.17, 15) is 0 Å². The number of nitrogens with two attached hydrogens (primary N) is 1. The van der Waals surface area contributed by atoms with E-state index in [4.69, 9.17) is 10.3 Å². The molecule has 98 valence electrons. The molecule has 0 radical (unpaired) electrons. The summed E-state index contributed by atoms with van der Waals surface area (Å²) in [5.74, 6) is 2.05. The van der Waals surface area contributed by atoms with Crippen LogP contribution in [0.4, 0.5) is 5.95 Å². The zero-order valence-electron chi connectivity index (χ0n) is 11.1. The third kappa shape index (κ3) is 4.34. The third-order valence-electron chi connectivity index (χ3n) is 3.01. The van der Waals surface area contributed by atoms with Gasteiger partial charge in [0.15, 0.2) is 0 Å². The maximum atomic E-state index is 5.52. The second-order valence-electron chi connectivity index (χ2n) is 4.38. The number of nitrogens with zero attached hydrogens (tertiary/aromatic N) is 3. The van der Waals surface area contributed by atoms with Crippen molar-refractivity contribution >= 4 is 5.95 Å². The zero-order valence-corrected chi connectivity index (χ0v) is 11.1. The van der Waals surface area contributed by atoms with Crippen LogP contribution in [0.5, 0.6) is 0 Å². The summed E-state index contributed by atoms with van der Waals surface area (Å²) in [7, 11) is 0. The summed E-state index contributed by atoms with van der Waals surface area (Å²) in [5, 5.41) is 4.00. The van der Waals surface area contributed by atoms with E-state index in [1.54, 1.807) is 0 Å². The fraction of sp³-hybridized carbons (Fsp3) is 0.833. The van der Waals surface area contributed by atoms with Crippen LogP contribution in [-0.2, 0) is 6.42 Å². The average molecular weight is 240 g/mol. The lowest BCUT2D eigenvalue weighted by Crippen LogP contribution is -2.23. The smallest absolute Gasteiger partial charge is 0.266 e. The van der Waals surface area contributed by atoms with Crippen LogP contribution >= 0.6 is 0 Å². The molecule has 0 aliphatic heterocycles. The van der Waals surface area contributed by atoms with Crippen molar-refractivity contribution in [3.05, 3.63) is 5.89 Å². The van der Waals surface area contributed by atoms with Gasteiger partial charge in [0.25, 0.3) is 5.95 Å². The number of anilines is 1. The molecule has 1 aromatic rings. The molecule has 0 spiro atoms. The lowest BCUT2D eigenvalue weighted by Gasteiger charge is -2.14. The Bertz CT molecular complexity index is 309. The molecule has 0 amide bonds. The maximum Gasteiger partial charge on any atom is 0.266 e. The molecule has 0 saturated heterocycles. The SMILES string of the molecule is CCN(CC)c1noc(CCC(C)CCN)n1. The van der Waals surface area contributed by atoms with Crippen molar-refractivity contribution in [2.45, 2.75) is 40.0 Å². The van der Waals surface area contributed by atoms with Gasteiger partial charge < -0.3 is 15.2 Å². The number of hydrogen-bond acceptors (Lipinski definition) is 5. The van der Waals surface area contributed by atoms with Crippen LogP contribution in [0.1, 0.15) is 39.5 Å². The Hall–Kier alpha value is -1.10. The van der Waals surface area contributed by atoms with Gasteiger partial charge in [0.1, 0.15) is 0 Å². The first-order valence-electron chi connectivity index (χ1n) is 6.48. The van der Waals surface area contributed by atoms with Crippen LogP contribution < -0.4 is 10.6 Å². The summed E-state index contributed by atoms with van der Waals surface area (Å²) in [6.07, 6.45) is 2.95. The third-order valence-corrected chi connectivity index (χ3v) is 3.01. The molecule has 17 heavy (non-hydrogen) atoms. The summed E-state index contributed by atoms with van der Waals surface area (Å²) in [5.41, 5.74) is 5.52. The topological polar surface area (TPSA) is 68.2 Å². The minimum absolute atomic E-state index is 0.615. The highest BCUT2D eigenvalue weighted by molar-refractivity contribution is 5.26. The van der Waals surface area contributed by atoms with Crippen molar-refractivity contribution in [1.82, 2.24) is 10.1 Å². The van der Waals surface area contributed by atoms with E-state index >= 15 is 0 Å². The second kappa shape index (κ2) is 7.27. The predicted octanol–water partition coefficient (Wildman–Crippen LogP) is 1.83. The Kier molecular flexibility index (Phi) is 5.97. The van der Waals surface area contributed by atoms with E-state index in [-0.39, 0.29) is 0 Å². The number of rotatable bonds is 8. The van der Waals surface area contributed by atoms with Crippen LogP contribution in [0.25, 0.3) is 0 Å². The Morgan fingerprint density at radius 2 is 2.00 bits per heavy atom. The van der Waals surface area contributed by atoms with Crippen molar-refractivity contribution in [3.63, 3.8) is 0 Å². The molecule has 1 rings (SSSR count). The van der Waals surface area contributed by atoms with Gasteiger partial charge in [0, 0.05) is 19.5 Å². The van der Waals surface area contributed by atoms with Gasteiger partial charge in [-0.3, -0.25) is 0 Å². The van der Waals surface area contributed by atoms with Crippen LogP contribution in [0.15, 0.2) is 4.52 Å². The highest BCUT2D eigenvalue weighted by Crippen LogP contribution is 2.14. The standard InChI is InChI=1S/C12H24N4O/c1-4-16(5-2)12-14-11(17-15-12)7-6-10(3)8-9-13/h10H,4-9,13H2,1-3H3. The first-order valence-corrected chi connectivity index (χ1v) is 6.48. The van der Waals surface area contributed by atoms with Gasteiger partial charge in [-0.25, -0.2) is 0 Å². The molecule has 0 aromatic carbocycles. The molecule has 5 heteroatoms. The normalized spacial score (nSPS) is 12.7. The lowest BCUT2D eigenvalue weighted by atomic mass is 10.0. The molecule has 5 nitrogen and oxygen atoms in total. The summed E-state index contributed by atoms with van der Waals surface area (Å²) < 4.78 is 5.24. The molecule has 1 atom stereocenters. The first-order chi connectivity index (χ1) is 8.21. The van der Waals surface area contributed by atoms with E-state index in [1.165, 1.54) is 0 Å². The fourth-order valence-electron chi connectivity index (χ4n) is 1.78. The van der Waals surface area contributed by atoms with E-state index in [2.05, 4.69) is 35.8 Å². The van der Waals surface area contributed by atoms with Gasteiger partial charge in [-0.1, -0.05) is 6.92 Å². The largest absolute Gasteiger partial charge is 0.339 e. The molecule has 2 N–H and O–H groups in total. The monoisotopic (exact) mass is 240 g/mol. The van der Waals surface area contributed by atoms with Crippen LogP contribution in [-0.4, -0.2) is 29.8 Å². The van der Waals surface area contributed by atoms with Crippen molar-refractivity contribution in [2.75, 3.05) is 24.5 Å². The van der Waals surface area contributed by atoms with E-state index < -0.39 is 0 Å². The molecule has 0 aliphatic carbocycles. The minimum Gasteiger partial charge on any atom is -0.339 e. The van der Waals surface area contributed by atoms with Crippen molar-refractivity contribution in [2.24, 2.45) is 11.7 Å². The van der Waals surface area contributed by atoms with Gasteiger partial charge in [0.05, 0.1) is 0 Å². The Morgan fingerprint density at radius 1 is 1.29 bits per heavy atom. The summed E-state index contributed by atoms with van der Waals surface area (Å²) in [4.78, 5) is 6.48. The van der Waals surface area contributed by atoms with E-state index in [0.29, 0.717) is 11.9 Å². The van der Waals surface area contributed by atoms with Gasteiger partial charge in [-0.05, 0) is 44.3 Å².